The van der Waals surface area contributed by atoms with Crippen LogP contribution in [0, 0.1) is 23.7 Å². The van der Waals surface area contributed by atoms with Crippen LogP contribution in [0.1, 0.15) is 69.7 Å². The number of carboxylic acid groups (broad SMARTS) is 1. The van der Waals surface area contributed by atoms with E-state index in [1.165, 1.54) is 18.5 Å². The van der Waals surface area contributed by atoms with E-state index in [4.69, 9.17) is 14.6 Å². The first kappa shape index (κ1) is 29.5. The topological polar surface area (TPSA) is 103 Å². The number of hydrogen-bond donors (Lipinski definition) is 1. The largest absolute Gasteiger partial charge is 0.481 e. The van der Waals surface area contributed by atoms with Crippen LogP contribution in [0.5, 0.6) is 0 Å². The zero-order chi connectivity index (χ0) is 27.8. The van der Waals surface area contributed by atoms with Gasteiger partial charge in [0, 0.05) is 31.2 Å². The van der Waals surface area contributed by atoms with Gasteiger partial charge >= 0.3 is 17.9 Å². The summed E-state index contributed by atoms with van der Waals surface area (Å²) in [5.41, 5.74) is 0.982. The van der Waals surface area contributed by atoms with Crippen molar-refractivity contribution in [2.45, 2.75) is 83.8 Å². The molecule has 7 nitrogen and oxygen atoms in total. The van der Waals surface area contributed by atoms with E-state index < -0.39 is 42.9 Å². The number of aliphatic carboxylic acids is 1. The Kier molecular flexibility index (Phi) is 10.6. The van der Waals surface area contributed by atoms with Crippen molar-refractivity contribution in [1.82, 2.24) is 4.98 Å². The van der Waals surface area contributed by atoms with E-state index in [0.29, 0.717) is 12.8 Å². The maximum Gasteiger partial charge on any atom is 0.339 e. The molecule has 1 unspecified atom stereocenters. The molecule has 3 rings (SSSR count). The van der Waals surface area contributed by atoms with E-state index in [-0.39, 0.29) is 54.5 Å². The second-order valence-electron chi connectivity index (χ2n) is 10.4. The maximum absolute atomic E-state index is 14.6. The monoisotopic (exact) mass is 533 g/mol. The number of carboxylic acids is 1. The highest BCUT2D eigenvalue weighted by Crippen LogP contribution is 2.44. The second kappa shape index (κ2) is 13.6. The summed E-state index contributed by atoms with van der Waals surface area (Å²) in [5.74, 6) is -2.87. The summed E-state index contributed by atoms with van der Waals surface area (Å²) in [5, 5.41) is 8.99. The van der Waals surface area contributed by atoms with Gasteiger partial charge in [-0.1, -0.05) is 32.9 Å². The Morgan fingerprint density at radius 3 is 2.71 bits per heavy atom. The molecule has 208 valence electrons. The SMILES string of the molecule is CC[C@H](C)C(=O)O[C@H]1C[C@H](F)C=C2C=C[C@H](C)[C@H](CC[C@H](C[C@H](F)CC(=O)O)OC(=O)c3cccnc3)C21. The summed E-state index contributed by atoms with van der Waals surface area (Å²) in [6, 6.07) is 3.12. The van der Waals surface area contributed by atoms with Crippen molar-refractivity contribution in [2.24, 2.45) is 23.7 Å². The standard InChI is InChI=1S/C29H37F2NO6/c1-4-17(2)28(35)38-25-14-21(30)12-19-8-7-18(3)24(27(19)25)10-9-23(13-22(31)15-26(33)34)37-29(36)20-6-5-11-32-16-20/h5-8,11-12,16-18,21-25,27H,4,9-10,13-15H2,1-3H3,(H,33,34)/t17-,18-,21+,22-,23+,24-,25-,27?/m0/s1. The van der Waals surface area contributed by atoms with Gasteiger partial charge in [-0.15, -0.1) is 0 Å². The van der Waals surface area contributed by atoms with Gasteiger partial charge in [-0.25, -0.2) is 13.6 Å². The van der Waals surface area contributed by atoms with Crippen LogP contribution in [0.2, 0.25) is 0 Å². The Morgan fingerprint density at radius 1 is 1.29 bits per heavy atom. The number of aromatic nitrogens is 1. The van der Waals surface area contributed by atoms with E-state index in [9.17, 15) is 23.2 Å². The van der Waals surface area contributed by atoms with Crippen LogP contribution in [0.3, 0.4) is 0 Å². The molecule has 0 saturated carbocycles. The molecule has 0 spiro atoms. The molecular weight excluding hydrogens is 496 g/mol. The molecule has 0 fully saturated rings. The zero-order valence-electron chi connectivity index (χ0n) is 22.1. The van der Waals surface area contributed by atoms with Crippen LogP contribution in [-0.4, -0.2) is 52.5 Å². The first-order chi connectivity index (χ1) is 18.1. The van der Waals surface area contributed by atoms with Gasteiger partial charge in [0.1, 0.15) is 24.6 Å². The van der Waals surface area contributed by atoms with Crippen molar-refractivity contribution < 1.29 is 37.7 Å². The number of allylic oxidation sites excluding steroid dienone is 3. The number of hydrogen-bond acceptors (Lipinski definition) is 6. The van der Waals surface area contributed by atoms with Crippen LogP contribution in [-0.2, 0) is 19.1 Å². The molecule has 2 aliphatic rings. The third kappa shape index (κ3) is 7.95. The first-order valence-electron chi connectivity index (χ1n) is 13.3. The molecule has 9 heteroatoms. The molecule has 0 aliphatic heterocycles. The molecule has 2 aliphatic carbocycles. The highest BCUT2D eigenvalue weighted by molar-refractivity contribution is 5.89. The lowest BCUT2D eigenvalue weighted by atomic mass is 9.66. The Hall–Kier alpha value is -3.10. The fourth-order valence-corrected chi connectivity index (χ4v) is 5.25. The molecule has 1 N–H and O–H groups in total. The molecule has 0 bridgehead atoms. The number of alkyl halides is 2. The molecule has 0 aromatic carbocycles. The van der Waals surface area contributed by atoms with Crippen LogP contribution in [0.15, 0.2) is 48.3 Å². The molecule has 1 heterocycles. The minimum absolute atomic E-state index is 0.0491. The number of rotatable bonds is 12. The normalized spacial score (nSPS) is 26.9. The van der Waals surface area contributed by atoms with Gasteiger partial charge in [-0.05, 0) is 54.9 Å². The van der Waals surface area contributed by atoms with Crippen molar-refractivity contribution in [3.63, 3.8) is 0 Å². The number of ether oxygens (including phenoxy) is 2. The van der Waals surface area contributed by atoms with E-state index in [2.05, 4.69) is 4.98 Å². The summed E-state index contributed by atoms with van der Waals surface area (Å²) in [4.78, 5) is 40.2. The number of halogens is 2. The molecule has 8 atom stereocenters. The lowest BCUT2D eigenvalue weighted by Crippen LogP contribution is -2.42. The second-order valence-corrected chi connectivity index (χ2v) is 10.4. The predicted molar refractivity (Wildman–Crippen MR) is 137 cm³/mol. The molecule has 38 heavy (non-hydrogen) atoms. The summed E-state index contributed by atoms with van der Waals surface area (Å²) < 4.78 is 40.5. The molecule has 0 saturated heterocycles. The molecule has 1 aromatic heterocycles. The molecule has 1 aromatic rings. The Morgan fingerprint density at radius 2 is 2.05 bits per heavy atom. The maximum atomic E-state index is 14.6. The van der Waals surface area contributed by atoms with Crippen molar-refractivity contribution >= 4 is 17.9 Å². The minimum Gasteiger partial charge on any atom is -0.481 e. The molecular formula is C29H37F2NO6. The van der Waals surface area contributed by atoms with E-state index in [1.54, 1.807) is 19.1 Å². The van der Waals surface area contributed by atoms with Gasteiger partial charge in [0.25, 0.3) is 0 Å². The van der Waals surface area contributed by atoms with Crippen LogP contribution < -0.4 is 0 Å². The van der Waals surface area contributed by atoms with E-state index in [0.717, 1.165) is 5.57 Å². The van der Waals surface area contributed by atoms with Gasteiger partial charge in [-0.2, -0.15) is 0 Å². The highest BCUT2D eigenvalue weighted by Gasteiger charge is 2.43. The van der Waals surface area contributed by atoms with Crippen molar-refractivity contribution in [3.8, 4) is 0 Å². The molecule has 0 amide bonds. The quantitative estimate of drug-likeness (QED) is 0.346. The number of fused-ring (bicyclic) bond motifs is 1. The van der Waals surface area contributed by atoms with E-state index >= 15 is 0 Å². The smallest absolute Gasteiger partial charge is 0.339 e. The van der Waals surface area contributed by atoms with Crippen LogP contribution >= 0.6 is 0 Å². The third-order valence-electron chi connectivity index (χ3n) is 7.54. The Balaban J connectivity index is 1.79. The number of esters is 2. The van der Waals surface area contributed by atoms with Gasteiger partial charge in [0.05, 0.1) is 17.9 Å². The third-order valence-corrected chi connectivity index (χ3v) is 7.54. The van der Waals surface area contributed by atoms with E-state index in [1.807, 2.05) is 26.0 Å². The van der Waals surface area contributed by atoms with Crippen LogP contribution in [0.4, 0.5) is 8.78 Å². The number of carbonyl (C=O) groups excluding carboxylic acids is 2. The summed E-state index contributed by atoms with van der Waals surface area (Å²) in [7, 11) is 0. The van der Waals surface area contributed by atoms with Gasteiger partial charge in [-0.3, -0.25) is 14.6 Å². The minimum atomic E-state index is -1.69. The summed E-state index contributed by atoms with van der Waals surface area (Å²) in [6.45, 7) is 5.69. The van der Waals surface area contributed by atoms with Gasteiger partial charge in [0.2, 0.25) is 0 Å². The van der Waals surface area contributed by atoms with Crippen molar-refractivity contribution in [2.75, 3.05) is 0 Å². The number of nitrogens with zero attached hydrogens (tertiary/aromatic N) is 1. The Bertz CT molecular complexity index is 1030. The van der Waals surface area contributed by atoms with Crippen molar-refractivity contribution in [3.05, 3.63) is 53.9 Å². The van der Waals surface area contributed by atoms with Gasteiger partial charge < -0.3 is 14.6 Å². The number of carbonyl (C=O) groups is 3. The first-order valence-corrected chi connectivity index (χ1v) is 13.3. The van der Waals surface area contributed by atoms with Gasteiger partial charge in [0.15, 0.2) is 0 Å². The predicted octanol–water partition coefficient (Wildman–Crippen LogP) is 5.65. The zero-order valence-corrected chi connectivity index (χ0v) is 22.1. The fourth-order valence-electron chi connectivity index (χ4n) is 5.25. The lowest BCUT2D eigenvalue weighted by Gasteiger charge is -2.42. The lowest BCUT2D eigenvalue weighted by molar-refractivity contribution is -0.158. The fraction of sp³-hybridized carbons (Fsp3) is 0.586. The van der Waals surface area contributed by atoms with Crippen molar-refractivity contribution in [1.29, 1.82) is 0 Å². The summed E-state index contributed by atoms with van der Waals surface area (Å²) >= 11 is 0. The number of pyridine rings is 1. The van der Waals surface area contributed by atoms with Crippen LogP contribution in [0.25, 0.3) is 0 Å². The average Bonchev–Trinajstić information content (AvgIpc) is 2.87. The average molecular weight is 534 g/mol. The molecule has 0 radical (unpaired) electrons. The highest BCUT2D eigenvalue weighted by atomic mass is 19.1. The summed E-state index contributed by atoms with van der Waals surface area (Å²) in [6.07, 6.45) is 4.33. The Labute approximate surface area is 222 Å².